The molecule has 3 heteroatoms. The largest absolute Gasteiger partial charge is 0.384 e. The third-order valence-corrected chi connectivity index (χ3v) is 2.34. The van der Waals surface area contributed by atoms with E-state index < -0.39 is 5.60 Å². The van der Waals surface area contributed by atoms with Crippen molar-refractivity contribution >= 4 is 5.71 Å². The van der Waals surface area contributed by atoms with Crippen LogP contribution >= 0.6 is 0 Å². The molecule has 0 amide bonds. The summed E-state index contributed by atoms with van der Waals surface area (Å²) in [6, 6.07) is 0. The molecule has 0 aliphatic carbocycles. The van der Waals surface area contributed by atoms with Crippen LogP contribution in [0.4, 0.5) is 0 Å². The summed E-state index contributed by atoms with van der Waals surface area (Å²) in [4.78, 5) is 4.06. The SMILES string of the molecule is CCCC(O)(CCC)C(C)=NC.[Nd]. The first kappa shape index (κ1) is 16.4. The van der Waals surface area contributed by atoms with Gasteiger partial charge in [0.1, 0.15) is 5.60 Å². The second-order valence-corrected chi connectivity index (χ2v) is 3.34. The van der Waals surface area contributed by atoms with Crippen molar-refractivity contribution in [3.63, 3.8) is 0 Å². The summed E-state index contributed by atoms with van der Waals surface area (Å²) in [5.74, 6) is 0. The van der Waals surface area contributed by atoms with Crippen LogP contribution in [0, 0.1) is 40.8 Å². The molecule has 0 rings (SSSR count). The van der Waals surface area contributed by atoms with E-state index in [4.69, 9.17) is 0 Å². The summed E-state index contributed by atoms with van der Waals surface area (Å²) in [7, 11) is 1.74. The van der Waals surface area contributed by atoms with Crippen molar-refractivity contribution < 1.29 is 45.9 Å². The Kier molecular flexibility index (Phi) is 10.5. The first-order valence-electron chi connectivity index (χ1n) is 4.77. The van der Waals surface area contributed by atoms with E-state index in [1.165, 1.54) is 0 Å². The number of nitrogens with zero attached hydrogens (tertiary/aromatic N) is 1. The zero-order valence-corrected chi connectivity index (χ0v) is 12.4. The smallest absolute Gasteiger partial charge is 0.102 e. The van der Waals surface area contributed by atoms with Crippen molar-refractivity contribution in [1.82, 2.24) is 0 Å². The molecule has 0 aromatic carbocycles. The molecule has 0 aromatic heterocycles. The van der Waals surface area contributed by atoms with Gasteiger partial charge >= 0.3 is 0 Å². The normalized spacial score (nSPS) is 12.5. The van der Waals surface area contributed by atoms with Gasteiger partial charge in [-0.15, -0.1) is 0 Å². The second-order valence-electron chi connectivity index (χ2n) is 3.34. The molecule has 0 aromatic rings. The van der Waals surface area contributed by atoms with E-state index >= 15 is 0 Å². The molecule has 0 heterocycles. The van der Waals surface area contributed by atoms with E-state index in [0.29, 0.717) is 0 Å². The molecule has 0 unspecified atom stereocenters. The monoisotopic (exact) mass is 313 g/mol. The number of aliphatic imine (C=N–C) groups is 1. The van der Waals surface area contributed by atoms with Gasteiger partial charge in [-0.05, 0) is 19.8 Å². The Morgan fingerprint density at radius 2 is 1.62 bits per heavy atom. The van der Waals surface area contributed by atoms with E-state index in [0.717, 1.165) is 31.4 Å². The molecule has 0 atom stereocenters. The van der Waals surface area contributed by atoms with Gasteiger partial charge in [-0.1, -0.05) is 26.7 Å². The van der Waals surface area contributed by atoms with Crippen LogP contribution in [0.1, 0.15) is 46.5 Å². The Hall–Kier alpha value is 0.981. The van der Waals surface area contributed by atoms with Gasteiger partial charge in [-0.25, -0.2) is 0 Å². The molecule has 0 aliphatic heterocycles. The number of hydrogen-bond donors (Lipinski definition) is 1. The summed E-state index contributed by atoms with van der Waals surface area (Å²) in [5.41, 5.74) is 0.226. The van der Waals surface area contributed by atoms with E-state index in [1.54, 1.807) is 7.05 Å². The molecule has 2 nitrogen and oxygen atoms in total. The van der Waals surface area contributed by atoms with Crippen LogP contribution in [-0.4, -0.2) is 23.5 Å². The standard InChI is InChI=1S/C10H21NO.Nd/c1-5-7-10(12,8-6-2)9(3)11-4;/h12H,5-8H2,1-4H3;. The summed E-state index contributed by atoms with van der Waals surface area (Å²) in [6.45, 7) is 6.08. The van der Waals surface area contributed by atoms with Crippen molar-refractivity contribution in [3.8, 4) is 0 Å². The third-order valence-electron chi connectivity index (χ3n) is 2.34. The average Bonchev–Trinajstić information content (AvgIpc) is 2.04. The van der Waals surface area contributed by atoms with Gasteiger partial charge in [0.25, 0.3) is 0 Å². The fraction of sp³-hybridized carbons (Fsp3) is 0.900. The number of hydrogen-bond acceptors (Lipinski definition) is 2. The Balaban J connectivity index is 0. The molecular formula is C10H21NNdO. The fourth-order valence-electron chi connectivity index (χ4n) is 1.52. The van der Waals surface area contributed by atoms with E-state index in [1.807, 2.05) is 6.92 Å². The van der Waals surface area contributed by atoms with Crippen molar-refractivity contribution in [2.75, 3.05) is 7.05 Å². The predicted octanol–water partition coefficient (Wildman–Crippen LogP) is 2.41. The summed E-state index contributed by atoms with van der Waals surface area (Å²) >= 11 is 0. The quantitative estimate of drug-likeness (QED) is 0.777. The van der Waals surface area contributed by atoms with Crippen LogP contribution in [0.15, 0.2) is 4.99 Å². The van der Waals surface area contributed by atoms with Crippen LogP contribution in [-0.2, 0) is 0 Å². The molecule has 0 aliphatic rings. The maximum atomic E-state index is 10.1. The Morgan fingerprint density at radius 3 is 1.85 bits per heavy atom. The molecule has 0 saturated heterocycles. The molecule has 76 valence electrons. The minimum Gasteiger partial charge on any atom is -0.384 e. The van der Waals surface area contributed by atoms with Gasteiger partial charge in [0.15, 0.2) is 0 Å². The van der Waals surface area contributed by atoms with Crippen molar-refractivity contribution in [3.05, 3.63) is 0 Å². The molecular weight excluding hydrogens is 294 g/mol. The first-order chi connectivity index (χ1) is 5.60. The van der Waals surface area contributed by atoms with Gasteiger partial charge in [-0.2, -0.15) is 0 Å². The Labute approximate surface area is 115 Å². The van der Waals surface area contributed by atoms with Crippen LogP contribution in [0.5, 0.6) is 0 Å². The van der Waals surface area contributed by atoms with Crippen molar-refractivity contribution in [1.29, 1.82) is 0 Å². The summed E-state index contributed by atoms with van der Waals surface area (Å²) < 4.78 is 0. The molecule has 1 N–H and O–H groups in total. The van der Waals surface area contributed by atoms with Crippen LogP contribution in [0.3, 0.4) is 0 Å². The van der Waals surface area contributed by atoms with E-state index in [-0.39, 0.29) is 40.8 Å². The molecule has 0 saturated carbocycles. The molecule has 0 radical (unpaired) electrons. The van der Waals surface area contributed by atoms with Gasteiger partial charge < -0.3 is 5.11 Å². The van der Waals surface area contributed by atoms with Crippen LogP contribution in [0.2, 0.25) is 0 Å². The maximum Gasteiger partial charge on any atom is 0.102 e. The van der Waals surface area contributed by atoms with E-state index in [2.05, 4.69) is 18.8 Å². The molecule has 0 spiro atoms. The van der Waals surface area contributed by atoms with Gasteiger partial charge in [0.2, 0.25) is 0 Å². The zero-order chi connectivity index (χ0) is 9.61. The first-order valence-corrected chi connectivity index (χ1v) is 4.77. The molecule has 0 bridgehead atoms. The number of aliphatic hydroxyl groups is 1. The summed E-state index contributed by atoms with van der Waals surface area (Å²) in [6.07, 6.45) is 3.65. The van der Waals surface area contributed by atoms with Gasteiger partial charge in [-0.3, -0.25) is 4.99 Å². The molecule has 13 heavy (non-hydrogen) atoms. The molecule has 0 fully saturated rings. The average molecular weight is 316 g/mol. The Bertz CT molecular complexity index is 151. The van der Waals surface area contributed by atoms with E-state index in [9.17, 15) is 5.11 Å². The maximum absolute atomic E-state index is 10.1. The summed E-state index contributed by atoms with van der Waals surface area (Å²) in [5, 5.41) is 10.1. The minimum atomic E-state index is -0.641. The third kappa shape index (κ3) is 5.43. The topological polar surface area (TPSA) is 32.6 Å². The van der Waals surface area contributed by atoms with Crippen molar-refractivity contribution in [2.24, 2.45) is 4.99 Å². The zero-order valence-electron chi connectivity index (χ0n) is 9.22. The fourth-order valence-corrected chi connectivity index (χ4v) is 1.52. The van der Waals surface area contributed by atoms with Gasteiger partial charge in [0.05, 0.1) is 0 Å². The Morgan fingerprint density at radius 1 is 1.23 bits per heavy atom. The van der Waals surface area contributed by atoms with Crippen molar-refractivity contribution in [2.45, 2.75) is 52.1 Å². The van der Waals surface area contributed by atoms with Gasteiger partial charge in [0, 0.05) is 53.6 Å². The van der Waals surface area contributed by atoms with Crippen LogP contribution in [0.25, 0.3) is 0 Å². The second kappa shape index (κ2) is 8.30. The number of rotatable bonds is 5. The predicted molar refractivity (Wildman–Crippen MR) is 53.8 cm³/mol. The van der Waals surface area contributed by atoms with Crippen LogP contribution < -0.4 is 0 Å². The minimum absolute atomic E-state index is 0.